The first-order chi connectivity index (χ1) is 8.56. The average Bonchev–Trinajstić information content (AvgIpc) is 2.66. The molecular weight excluding hydrogens is 330 g/mol. The van der Waals surface area contributed by atoms with Crippen molar-refractivity contribution in [1.29, 1.82) is 0 Å². The van der Waals surface area contributed by atoms with Gasteiger partial charge in [0.05, 0.1) is 0 Å². The number of benzene rings is 1. The van der Waals surface area contributed by atoms with Crippen LogP contribution in [0.15, 0.2) is 34.8 Å². The number of hydrogen-bond acceptors (Lipinski definition) is 2. The standard InChI is InChI=1S/C14H15BrClNS/c1-9(11-4-3-5-12(16)6-11)17-8-13-7-14(15)10(2)18-13/h3-7,9,17H,8H2,1-2H3/t9-/m0/s1. The Balaban J connectivity index is 1.98. The summed E-state index contributed by atoms with van der Waals surface area (Å²) in [5.41, 5.74) is 1.22. The van der Waals surface area contributed by atoms with Gasteiger partial charge >= 0.3 is 0 Å². The minimum absolute atomic E-state index is 0.296. The molecule has 2 rings (SSSR count). The maximum Gasteiger partial charge on any atom is 0.0409 e. The Bertz CT molecular complexity index is 519. The molecule has 0 spiro atoms. The highest BCUT2D eigenvalue weighted by molar-refractivity contribution is 9.10. The Morgan fingerprint density at radius 2 is 2.17 bits per heavy atom. The van der Waals surface area contributed by atoms with Crippen LogP contribution in [0.3, 0.4) is 0 Å². The molecule has 2 aromatic rings. The maximum atomic E-state index is 6.00. The molecule has 96 valence electrons. The molecule has 1 atom stereocenters. The Morgan fingerprint density at radius 3 is 2.78 bits per heavy atom. The van der Waals surface area contributed by atoms with Gasteiger partial charge in [-0.1, -0.05) is 23.7 Å². The summed E-state index contributed by atoms with van der Waals surface area (Å²) in [7, 11) is 0. The first-order valence-electron chi connectivity index (χ1n) is 5.80. The van der Waals surface area contributed by atoms with Gasteiger partial charge < -0.3 is 5.32 Å². The fraction of sp³-hybridized carbons (Fsp3) is 0.286. The molecular formula is C14H15BrClNS. The highest BCUT2D eigenvalue weighted by Gasteiger charge is 2.07. The molecule has 0 aliphatic rings. The van der Waals surface area contributed by atoms with E-state index in [9.17, 15) is 0 Å². The molecule has 0 aliphatic carbocycles. The summed E-state index contributed by atoms with van der Waals surface area (Å²) >= 11 is 11.4. The second kappa shape index (κ2) is 6.20. The van der Waals surface area contributed by atoms with Gasteiger partial charge in [0, 0.05) is 31.8 Å². The molecule has 1 N–H and O–H groups in total. The minimum Gasteiger partial charge on any atom is -0.305 e. The normalized spacial score (nSPS) is 12.7. The molecule has 0 saturated heterocycles. The Hall–Kier alpha value is -0.350. The van der Waals surface area contributed by atoms with E-state index in [0.717, 1.165) is 11.6 Å². The lowest BCUT2D eigenvalue weighted by Crippen LogP contribution is -2.17. The van der Waals surface area contributed by atoms with E-state index in [4.69, 9.17) is 11.6 Å². The number of rotatable bonds is 4. The quantitative estimate of drug-likeness (QED) is 0.791. The minimum atomic E-state index is 0.296. The van der Waals surface area contributed by atoms with Gasteiger partial charge in [-0.05, 0) is 53.5 Å². The van der Waals surface area contributed by atoms with Crippen LogP contribution in [0.4, 0.5) is 0 Å². The lowest BCUT2D eigenvalue weighted by Gasteiger charge is -2.13. The summed E-state index contributed by atoms with van der Waals surface area (Å²) in [5, 5.41) is 4.30. The molecule has 1 heterocycles. The van der Waals surface area contributed by atoms with Gasteiger partial charge in [-0.25, -0.2) is 0 Å². The van der Waals surface area contributed by atoms with Crippen LogP contribution in [0.5, 0.6) is 0 Å². The fourth-order valence-electron chi connectivity index (χ4n) is 1.75. The Labute approximate surface area is 125 Å². The third kappa shape index (κ3) is 3.58. The van der Waals surface area contributed by atoms with E-state index < -0.39 is 0 Å². The van der Waals surface area contributed by atoms with Crippen LogP contribution < -0.4 is 5.32 Å². The molecule has 0 radical (unpaired) electrons. The van der Waals surface area contributed by atoms with Crippen molar-refractivity contribution in [2.24, 2.45) is 0 Å². The monoisotopic (exact) mass is 343 g/mol. The van der Waals surface area contributed by atoms with E-state index in [2.05, 4.69) is 47.2 Å². The third-order valence-electron chi connectivity index (χ3n) is 2.84. The van der Waals surface area contributed by atoms with E-state index in [1.54, 1.807) is 0 Å². The summed E-state index contributed by atoms with van der Waals surface area (Å²) in [6.07, 6.45) is 0. The average molecular weight is 345 g/mol. The van der Waals surface area contributed by atoms with Gasteiger partial charge in [0.1, 0.15) is 0 Å². The smallest absolute Gasteiger partial charge is 0.0409 e. The summed E-state index contributed by atoms with van der Waals surface area (Å²) < 4.78 is 1.19. The molecule has 0 bridgehead atoms. The van der Waals surface area contributed by atoms with E-state index in [-0.39, 0.29) is 0 Å². The summed E-state index contributed by atoms with van der Waals surface area (Å²) in [4.78, 5) is 2.66. The molecule has 1 aromatic heterocycles. The van der Waals surface area contributed by atoms with Gasteiger partial charge in [-0.2, -0.15) is 0 Å². The maximum absolute atomic E-state index is 6.00. The number of thiophene rings is 1. The van der Waals surface area contributed by atoms with Crippen LogP contribution >= 0.6 is 38.9 Å². The summed E-state index contributed by atoms with van der Waals surface area (Å²) in [6, 6.07) is 10.5. The number of hydrogen-bond donors (Lipinski definition) is 1. The lowest BCUT2D eigenvalue weighted by molar-refractivity contribution is 0.579. The number of nitrogens with one attached hydrogen (secondary N) is 1. The van der Waals surface area contributed by atoms with Crippen molar-refractivity contribution in [3.05, 3.63) is 55.1 Å². The molecule has 0 aliphatic heterocycles. The van der Waals surface area contributed by atoms with Crippen molar-refractivity contribution in [3.8, 4) is 0 Å². The molecule has 0 unspecified atom stereocenters. The zero-order chi connectivity index (χ0) is 13.1. The van der Waals surface area contributed by atoms with Crippen LogP contribution in [0.2, 0.25) is 5.02 Å². The molecule has 0 fully saturated rings. The van der Waals surface area contributed by atoms with Crippen molar-refractivity contribution >= 4 is 38.9 Å². The first-order valence-corrected chi connectivity index (χ1v) is 7.78. The molecule has 0 amide bonds. The highest BCUT2D eigenvalue weighted by Crippen LogP contribution is 2.27. The van der Waals surface area contributed by atoms with Gasteiger partial charge in [0.2, 0.25) is 0 Å². The van der Waals surface area contributed by atoms with E-state index >= 15 is 0 Å². The SMILES string of the molecule is Cc1sc(CN[C@@H](C)c2cccc(Cl)c2)cc1Br. The van der Waals surface area contributed by atoms with Crippen LogP contribution in [0, 0.1) is 6.92 Å². The summed E-state index contributed by atoms with van der Waals surface area (Å²) in [6.45, 7) is 5.16. The zero-order valence-electron chi connectivity index (χ0n) is 10.3. The van der Waals surface area contributed by atoms with Crippen molar-refractivity contribution in [2.45, 2.75) is 26.4 Å². The molecule has 0 saturated carbocycles. The Kier molecular flexibility index (Phi) is 4.84. The largest absolute Gasteiger partial charge is 0.305 e. The molecule has 4 heteroatoms. The number of halogens is 2. The number of aryl methyl sites for hydroxylation is 1. The zero-order valence-corrected chi connectivity index (χ0v) is 13.5. The van der Waals surface area contributed by atoms with E-state index in [1.165, 1.54) is 19.8 Å². The van der Waals surface area contributed by atoms with Gasteiger partial charge in [-0.3, -0.25) is 0 Å². The van der Waals surface area contributed by atoms with Gasteiger partial charge in [0.25, 0.3) is 0 Å². The Morgan fingerprint density at radius 1 is 1.39 bits per heavy atom. The van der Waals surface area contributed by atoms with Crippen molar-refractivity contribution < 1.29 is 0 Å². The van der Waals surface area contributed by atoms with Crippen LogP contribution in [-0.2, 0) is 6.54 Å². The molecule has 18 heavy (non-hydrogen) atoms. The van der Waals surface area contributed by atoms with Crippen molar-refractivity contribution in [3.63, 3.8) is 0 Å². The van der Waals surface area contributed by atoms with Crippen LogP contribution in [0.1, 0.15) is 28.3 Å². The second-order valence-corrected chi connectivity index (χ2v) is 6.91. The summed E-state index contributed by atoms with van der Waals surface area (Å²) in [5.74, 6) is 0. The third-order valence-corrected chi connectivity index (χ3v) is 5.21. The second-order valence-electron chi connectivity index (χ2n) is 4.27. The van der Waals surface area contributed by atoms with Gasteiger partial charge in [-0.15, -0.1) is 11.3 Å². The van der Waals surface area contributed by atoms with E-state index in [0.29, 0.717) is 6.04 Å². The topological polar surface area (TPSA) is 12.0 Å². The van der Waals surface area contributed by atoms with Crippen LogP contribution in [0.25, 0.3) is 0 Å². The van der Waals surface area contributed by atoms with E-state index in [1.807, 2.05) is 29.5 Å². The predicted octanol–water partition coefficient (Wildman–Crippen LogP) is 5.32. The fourth-order valence-corrected chi connectivity index (χ4v) is 3.50. The van der Waals surface area contributed by atoms with Gasteiger partial charge in [0.15, 0.2) is 0 Å². The van der Waals surface area contributed by atoms with Crippen LogP contribution in [-0.4, -0.2) is 0 Å². The molecule has 1 nitrogen and oxygen atoms in total. The first kappa shape index (κ1) is 14.1. The van der Waals surface area contributed by atoms with Crippen molar-refractivity contribution in [2.75, 3.05) is 0 Å². The highest BCUT2D eigenvalue weighted by atomic mass is 79.9. The predicted molar refractivity (Wildman–Crippen MR) is 83.5 cm³/mol. The lowest BCUT2D eigenvalue weighted by atomic mass is 10.1. The van der Waals surface area contributed by atoms with Crippen molar-refractivity contribution in [1.82, 2.24) is 5.32 Å². The molecule has 1 aromatic carbocycles.